The molecular weight excluding hydrogens is 630 g/mol. The highest BCUT2D eigenvalue weighted by Crippen LogP contribution is 2.36. The van der Waals surface area contributed by atoms with Crippen molar-refractivity contribution in [2.24, 2.45) is 0 Å². The largest absolute Gasteiger partial charge is 0.488 e. The highest BCUT2D eigenvalue weighted by molar-refractivity contribution is 6.32. The van der Waals surface area contributed by atoms with Crippen LogP contribution in [-0.4, -0.2) is 54.7 Å². The maximum absolute atomic E-state index is 13.9. The van der Waals surface area contributed by atoms with Crippen LogP contribution in [0.25, 0.3) is 11.1 Å². The molecule has 1 fully saturated rings. The van der Waals surface area contributed by atoms with Crippen molar-refractivity contribution in [3.63, 3.8) is 0 Å². The summed E-state index contributed by atoms with van der Waals surface area (Å²) in [5.74, 6) is -1.98. The molecule has 11 heteroatoms. The molecule has 1 aliphatic rings. The molecule has 0 radical (unpaired) electrons. The summed E-state index contributed by atoms with van der Waals surface area (Å²) >= 11 is 6.71. The minimum absolute atomic E-state index is 0.0387. The highest BCUT2D eigenvalue weighted by Gasteiger charge is 2.30. The Hall–Kier alpha value is -4.51. The first-order valence-corrected chi connectivity index (χ1v) is 15.4. The summed E-state index contributed by atoms with van der Waals surface area (Å²) in [6.45, 7) is 4.88. The van der Waals surface area contributed by atoms with E-state index in [4.69, 9.17) is 25.8 Å². The van der Waals surface area contributed by atoms with Crippen molar-refractivity contribution in [1.29, 1.82) is 0 Å². The third kappa shape index (κ3) is 7.90. The summed E-state index contributed by atoms with van der Waals surface area (Å²) in [5, 5.41) is 12.7. The molecule has 2 N–H and O–H groups in total. The minimum Gasteiger partial charge on any atom is -0.488 e. The van der Waals surface area contributed by atoms with Gasteiger partial charge in [0.1, 0.15) is 42.4 Å². The number of carbonyl (C=O) groups excluding carboxylic acids is 1. The molecule has 1 aliphatic heterocycles. The number of hydrogen-bond acceptors (Lipinski definition) is 6. The smallest absolute Gasteiger partial charge is 0.323 e. The summed E-state index contributed by atoms with van der Waals surface area (Å²) < 4.78 is 45.4. The predicted molar refractivity (Wildman–Crippen MR) is 174 cm³/mol. The summed E-state index contributed by atoms with van der Waals surface area (Å²) in [4.78, 5) is 26.0. The SMILES string of the molecule is CNC(=O)c1cccc(-c2cccc(COc3cc(OCc4cc(F)cc(F)c4)c(CN4CCOCC4C(=O)O)cc3Cl)c2C)c1C. The van der Waals surface area contributed by atoms with Gasteiger partial charge in [-0.15, -0.1) is 0 Å². The molecule has 1 saturated heterocycles. The van der Waals surface area contributed by atoms with Gasteiger partial charge >= 0.3 is 5.97 Å². The van der Waals surface area contributed by atoms with Gasteiger partial charge in [0.2, 0.25) is 0 Å². The Kier molecular flexibility index (Phi) is 10.8. The van der Waals surface area contributed by atoms with Crippen molar-refractivity contribution >= 4 is 23.5 Å². The number of ether oxygens (including phenoxy) is 3. The average molecular weight is 665 g/mol. The molecule has 0 spiro atoms. The summed E-state index contributed by atoms with van der Waals surface area (Å²) in [6.07, 6.45) is 0. The normalized spacial score (nSPS) is 14.9. The standard InChI is InChI=1S/C36H35ClF2N2O6/c1-21-24(6-4-7-28(21)29-8-5-9-30(22(29)2)35(42)40-3)19-47-34-16-33(46-18-23-12-26(38)15-27(39)13-23)25(14-31(34)37)17-41-10-11-45-20-32(41)36(43)44/h4-9,12-16,32H,10-11,17-20H2,1-3H3,(H,40,42)(H,43,44). The van der Waals surface area contributed by atoms with E-state index in [0.29, 0.717) is 35.8 Å². The van der Waals surface area contributed by atoms with Gasteiger partial charge in [-0.1, -0.05) is 41.9 Å². The van der Waals surface area contributed by atoms with Crippen LogP contribution in [0.5, 0.6) is 11.5 Å². The number of nitrogens with one attached hydrogen (secondary N) is 1. The molecule has 8 nitrogen and oxygen atoms in total. The molecule has 1 atom stereocenters. The fourth-order valence-electron chi connectivity index (χ4n) is 5.67. The number of hydrogen-bond donors (Lipinski definition) is 2. The van der Waals surface area contributed by atoms with Gasteiger partial charge in [-0.05, 0) is 71.5 Å². The van der Waals surface area contributed by atoms with Gasteiger partial charge in [0.05, 0.1) is 18.2 Å². The Morgan fingerprint density at radius 2 is 1.62 bits per heavy atom. The van der Waals surface area contributed by atoms with E-state index in [1.165, 1.54) is 12.1 Å². The van der Waals surface area contributed by atoms with E-state index in [1.807, 2.05) is 44.2 Å². The van der Waals surface area contributed by atoms with Crippen LogP contribution >= 0.6 is 11.6 Å². The lowest BCUT2D eigenvalue weighted by atomic mass is 9.91. The van der Waals surface area contributed by atoms with Gasteiger partial charge in [0.15, 0.2) is 0 Å². The van der Waals surface area contributed by atoms with Gasteiger partial charge in [0.25, 0.3) is 5.91 Å². The number of amides is 1. The second-order valence-corrected chi connectivity index (χ2v) is 11.7. The van der Waals surface area contributed by atoms with Gasteiger partial charge in [0, 0.05) is 43.4 Å². The maximum Gasteiger partial charge on any atom is 0.323 e. The summed E-state index contributed by atoms with van der Waals surface area (Å²) in [5.41, 5.74) is 6.06. The van der Waals surface area contributed by atoms with Crippen LogP contribution in [0.15, 0.2) is 66.7 Å². The number of nitrogens with zero attached hydrogens (tertiary/aromatic N) is 1. The maximum atomic E-state index is 13.9. The Balaban J connectivity index is 1.43. The van der Waals surface area contributed by atoms with Crippen molar-refractivity contribution in [3.8, 4) is 22.6 Å². The van der Waals surface area contributed by atoms with Crippen LogP contribution in [-0.2, 0) is 29.3 Å². The lowest BCUT2D eigenvalue weighted by Crippen LogP contribution is -2.49. The zero-order chi connectivity index (χ0) is 33.7. The Morgan fingerprint density at radius 3 is 2.32 bits per heavy atom. The fourth-order valence-corrected chi connectivity index (χ4v) is 5.91. The van der Waals surface area contributed by atoms with Crippen LogP contribution in [0.4, 0.5) is 8.78 Å². The van der Waals surface area contributed by atoms with Crippen molar-refractivity contribution < 1.29 is 37.7 Å². The van der Waals surface area contributed by atoms with Crippen LogP contribution in [0, 0.1) is 25.5 Å². The van der Waals surface area contributed by atoms with E-state index < -0.39 is 23.6 Å². The molecule has 1 unspecified atom stereocenters. The van der Waals surface area contributed by atoms with E-state index in [1.54, 1.807) is 30.1 Å². The predicted octanol–water partition coefficient (Wildman–Crippen LogP) is 6.71. The number of halogens is 3. The van der Waals surface area contributed by atoms with Gasteiger partial charge in [-0.3, -0.25) is 14.5 Å². The average Bonchev–Trinajstić information content (AvgIpc) is 3.04. The first-order chi connectivity index (χ1) is 22.5. The number of morpholine rings is 1. The lowest BCUT2D eigenvalue weighted by molar-refractivity contribution is -0.150. The van der Waals surface area contributed by atoms with Crippen LogP contribution in [0.3, 0.4) is 0 Å². The molecule has 1 amide bonds. The van der Waals surface area contributed by atoms with Gasteiger partial charge in [-0.2, -0.15) is 0 Å². The number of carboxylic acids is 1. The molecule has 246 valence electrons. The van der Waals surface area contributed by atoms with E-state index in [-0.39, 0.29) is 42.9 Å². The molecule has 4 aromatic carbocycles. The topological polar surface area (TPSA) is 97.3 Å². The Bertz CT molecular complexity index is 1780. The number of carbonyl (C=O) groups is 2. The molecule has 0 aromatic heterocycles. The molecule has 0 saturated carbocycles. The van der Waals surface area contributed by atoms with Gasteiger partial charge < -0.3 is 24.6 Å². The fraction of sp³-hybridized carbons (Fsp3) is 0.278. The third-order valence-corrected chi connectivity index (χ3v) is 8.55. The van der Waals surface area contributed by atoms with E-state index in [9.17, 15) is 23.5 Å². The molecule has 1 heterocycles. The van der Waals surface area contributed by atoms with E-state index in [2.05, 4.69) is 5.32 Å². The molecule has 0 bridgehead atoms. The zero-order valence-electron chi connectivity index (χ0n) is 26.2. The lowest BCUT2D eigenvalue weighted by Gasteiger charge is -2.33. The first-order valence-electron chi connectivity index (χ1n) is 15.0. The van der Waals surface area contributed by atoms with Crippen molar-refractivity contribution in [2.45, 2.75) is 39.6 Å². The van der Waals surface area contributed by atoms with Crippen molar-refractivity contribution in [2.75, 3.05) is 26.8 Å². The monoisotopic (exact) mass is 664 g/mol. The molecular formula is C36H35ClF2N2O6. The summed E-state index contributed by atoms with van der Waals surface area (Å²) in [7, 11) is 1.60. The highest BCUT2D eigenvalue weighted by atomic mass is 35.5. The molecule has 4 aromatic rings. The second kappa shape index (κ2) is 14.9. The quantitative estimate of drug-likeness (QED) is 0.184. The van der Waals surface area contributed by atoms with Crippen LogP contribution < -0.4 is 14.8 Å². The Morgan fingerprint density at radius 1 is 0.936 bits per heavy atom. The van der Waals surface area contributed by atoms with Crippen LogP contribution in [0.1, 0.15) is 38.2 Å². The number of aliphatic carboxylic acids is 1. The van der Waals surface area contributed by atoms with Gasteiger partial charge in [-0.25, -0.2) is 8.78 Å². The first kappa shape index (κ1) is 33.8. The Labute approximate surface area is 276 Å². The van der Waals surface area contributed by atoms with E-state index >= 15 is 0 Å². The molecule has 47 heavy (non-hydrogen) atoms. The van der Waals surface area contributed by atoms with Crippen LogP contribution in [0.2, 0.25) is 5.02 Å². The number of benzene rings is 4. The number of carboxylic acid groups (broad SMARTS) is 1. The molecule has 5 rings (SSSR count). The van der Waals surface area contributed by atoms with Crippen molar-refractivity contribution in [3.05, 3.63) is 117 Å². The van der Waals surface area contributed by atoms with E-state index in [0.717, 1.165) is 33.9 Å². The number of rotatable bonds is 11. The zero-order valence-corrected chi connectivity index (χ0v) is 27.0. The van der Waals surface area contributed by atoms with Crippen molar-refractivity contribution in [1.82, 2.24) is 10.2 Å². The molecule has 0 aliphatic carbocycles. The second-order valence-electron chi connectivity index (χ2n) is 11.3. The third-order valence-electron chi connectivity index (χ3n) is 8.25. The minimum atomic E-state index is -1.01. The summed E-state index contributed by atoms with van der Waals surface area (Å²) in [6, 6.07) is 17.0.